The van der Waals surface area contributed by atoms with Crippen LogP contribution >= 0.6 is 0 Å². The fraction of sp³-hybridized carbons (Fsp3) is 0.571. The van der Waals surface area contributed by atoms with Gasteiger partial charge in [-0.2, -0.15) is 0 Å². The number of rotatable bonds is 4. The van der Waals surface area contributed by atoms with E-state index in [-0.39, 0.29) is 5.82 Å². The van der Waals surface area contributed by atoms with Crippen molar-refractivity contribution >= 4 is 0 Å². The minimum Gasteiger partial charge on any atom is -0.396 e. The molecule has 0 spiro atoms. The van der Waals surface area contributed by atoms with E-state index >= 15 is 0 Å². The maximum atomic E-state index is 12.7. The smallest absolute Gasteiger partial charge is 0.123 e. The third-order valence-electron chi connectivity index (χ3n) is 3.60. The molecule has 1 N–H and O–H groups in total. The molecule has 2 rings (SSSR count). The van der Waals surface area contributed by atoms with Crippen LogP contribution in [0.2, 0.25) is 0 Å². The summed E-state index contributed by atoms with van der Waals surface area (Å²) in [5, 5.41) is 9.06. The Bertz CT molecular complexity index is 331. The van der Waals surface area contributed by atoms with Gasteiger partial charge in [0.2, 0.25) is 0 Å². The molecule has 1 saturated heterocycles. The van der Waals surface area contributed by atoms with E-state index in [4.69, 9.17) is 5.11 Å². The zero-order valence-electron chi connectivity index (χ0n) is 10.1. The molecule has 1 aliphatic rings. The molecule has 0 aliphatic carbocycles. The topological polar surface area (TPSA) is 23.5 Å². The lowest BCUT2D eigenvalue weighted by molar-refractivity contribution is 0.132. The molecule has 0 unspecified atom stereocenters. The van der Waals surface area contributed by atoms with Gasteiger partial charge >= 0.3 is 0 Å². The van der Waals surface area contributed by atoms with Crippen molar-refractivity contribution in [3.63, 3.8) is 0 Å². The molecule has 0 radical (unpaired) electrons. The molecule has 0 bridgehead atoms. The Hall–Kier alpha value is -0.930. The van der Waals surface area contributed by atoms with Crippen LogP contribution in [-0.4, -0.2) is 36.2 Å². The molecule has 3 heteroatoms. The van der Waals surface area contributed by atoms with Crippen molar-refractivity contribution in [2.45, 2.75) is 19.3 Å². The number of aliphatic hydroxyl groups is 1. The van der Waals surface area contributed by atoms with Gasteiger partial charge in [0.05, 0.1) is 0 Å². The fourth-order valence-electron chi connectivity index (χ4n) is 2.33. The molecule has 1 aromatic carbocycles. The molecule has 0 atom stereocenters. The highest BCUT2D eigenvalue weighted by Gasteiger charge is 2.17. The highest BCUT2D eigenvalue weighted by atomic mass is 19.1. The third kappa shape index (κ3) is 3.79. The normalized spacial score (nSPS) is 18.5. The fourth-order valence-corrected chi connectivity index (χ4v) is 2.33. The Morgan fingerprint density at radius 2 is 1.82 bits per heavy atom. The monoisotopic (exact) mass is 237 g/mol. The Kier molecular flexibility index (Phi) is 4.51. The van der Waals surface area contributed by atoms with Crippen molar-refractivity contribution in [3.8, 4) is 0 Å². The summed E-state index contributed by atoms with van der Waals surface area (Å²) < 4.78 is 12.7. The van der Waals surface area contributed by atoms with Crippen LogP contribution in [-0.2, 0) is 6.42 Å². The summed E-state index contributed by atoms with van der Waals surface area (Å²) in [7, 11) is 0. The van der Waals surface area contributed by atoms with Crippen LogP contribution in [0, 0.1) is 11.7 Å². The van der Waals surface area contributed by atoms with Crippen molar-refractivity contribution < 1.29 is 9.50 Å². The molecule has 94 valence electrons. The van der Waals surface area contributed by atoms with E-state index in [9.17, 15) is 4.39 Å². The van der Waals surface area contributed by atoms with E-state index in [1.807, 2.05) is 12.1 Å². The van der Waals surface area contributed by atoms with Crippen LogP contribution < -0.4 is 0 Å². The van der Waals surface area contributed by atoms with Crippen molar-refractivity contribution in [2.75, 3.05) is 26.2 Å². The van der Waals surface area contributed by atoms with E-state index in [1.165, 1.54) is 17.7 Å². The Morgan fingerprint density at radius 1 is 1.18 bits per heavy atom. The van der Waals surface area contributed by atoms with Crippen LogP contribution in [0.1, 0.15) is 18.4 Å². The number of nitrogens with zero attached hydrogens (tertiary/aromatic N) is 1. The molecule has 2 nitrogen and oxygen atoms in total. The molecule has 1 heterocycles. The number of hydrogen-bond donors (Lipinski definition) is 1. The lowest BCUT2D eigenvalue weighted by Crippen LogP contribution is -2.36. The molecule has 1 aromatic rings. The van der Waals surface area contributed by atoms with Crippen molar-refractivity contribution in [2.24, 2.45) is 5.92 Å². The number of piperidine rings is 1. The van der Waals surface area contributed by atoms with E-state index < -0.39 is 0 Å². The van der Waals surface area contributed by atoms with Crippen LogP contribution in [0.25, 0.3) is 0 Å². The predicted octanol–water partition coefficient (Wildman–Crippen LogP) is 2.07. The average Bonchev–Trinajstić information content (AvgIpc) is 2.39. The number of halogens is 1. The number of likely N-dealkylation sites (tertiary alicyclic amines) is 1. The van der Waals surface area contributed by atoms with Gasteiger partial charge in [0, 0.05) is 13.2 Å². The zero-order chi connectivity index (χ0) is 12.1. The minimum absolute atomic E-state index is 0.169. The first-order valence-electron chi connectivity index (χ1n) is 6.35. The van der Waals surface area contributed by atoms with Gasteiger partial charge in [0.1, 0.15) is 5.82 Å². The number of aliphatic hydroxyl groups excluding tert-OH is 1. The molecule has 1 fully saturated rings. The molecule has 0 aromatic heterocycles. The zero-order valence-corrected chi connectivity index (χ0v) is 10.1. The first kappa shape index (κ1) is 12.5. The highest BCUT2D eigenvalue weighted by Crippen LogP contribution is 2.16. The first-order chi connectivity index (χ1) is 8.28. The molecule has 0 amide bonds. The molecule has 0 saturated carbocycles. The number of benzene rings is 1. The van der Waals surface area contributed by atoms with Gasteiger partial charge in [-0.25, -0.2) is 4.39 Å². The van der Waals surface area contributed by atoms with Crippen LogP contribution in [0.3, 0.4) is 0 Å². The first-order valence-corrected chi connectivity index (χ1v) is 6.35. The summed E-state index contributed by atoms with van der Waals surface area (Å²) in [6.07, 6.45) is 3.17. The molecular weight excluding hydrogens is 217 g/mol. The van der Waals surface area contributed by atoms with Crippen LogP contribution in [0.5, 0.6) is 0 Å². The lowest BCUT2D eigenvalue weighted by Gasteiger charge is -2.30. The van der Waals surface area contributed by atoms with Gasteiger partial charge in [-0.15, -0.1) is 0 Å². The molecule has 17 heavy (non-hydrogen) atoms. The standard InChI is InChI=1S/C14H20FNO/c15-14-3-1-12(2-4-14)5-8-16-9-6-13(11-17)7-10-16/h1-4,13,17H,5-11H2. The summed E-state index contributed by atoms with van der Waals surface area (Å²) >= 11 is 0. The SMILES string of the molecule is OCC1CCN(CCc2ccc(F)cc2)CC1. The van der Waals surface area contributed by atoms with Gasteiger partial charge in [-0.05, 0) is 56.0 Å². The van der Waals surface area contributed by atoms with Gasteiger partial charge in [-0.3, -0.25) is 0 Å². The second-order valence-corrected chi connectivity index (χ2v) is 4.84. The molecule has 1 aliphatic heterocycles. The van der Waals surface area contributed by atoms with Gasteiger partial charge < -0.3 is 10.0 Å². The van der Waals surface area contributed by atoms with Crippen LogP contribution in [0.4, 0.5) is 4.39 Å². The summed E-state index contributed by atoms with van der Waals surface area (Å²) in [6.45, 7) is 3.51. The molecular formula is C14H20FNO. The highest BCUT2D eigenvalue weighted by molar-refractivity contribution is 5.16. The summed E-state index contributed by atoms with van der Waals surface area (Å²) in [4.78, 5) is 2.43. The minimum atomic E-state index is -0.169. The number of hydrogen-bond acceptors (Lipinski definition) is 2. The Labute approximate surface area is 102 Å². The van der Waals surface area contributed by atoms with E-state index in [1.54, 1.807) is 0 Å². The maximum Gasteiger partial charge on any atom is 0.123 e. The lowest BCUT2D eigenvalue weighted by atomic mass is 9.97. The Balaban J connectivity index is 1.74. The summed E-state index contributed by atoms with van der Waals surface area (Å²) in [6, 6.07) is 6.76. The van der Waals surface area contributed by atoms with Gasteiger partial charge in [0.25, 0.3) is 0 Å². The van der Waals surface area contributed by atoms with Gasteiger partial charge in [-0.1, -0.05) is 12.1 Å². The van der Waals surface area contributed by atoms with E-state index in [2.05, 4.69) is 4.90 Å². The van der Waals surface area contributed by atoms with Crippen molar-refractivity contribution in [1.82, 2.24) is 4.90 Å². The van der Waals surface area contributed by atoms with Crippen molar-refractivity contribution in [1.29, 1.82) is 0 Å². The average molecular weight is 237 g/mol. The van der Waals surface area contributed by atoms with E-state index in [0.717, 1.165) is 38.9 Å². The Morgan fingerprint density at radius 3 is 2.41 bits per heavy atom. The second-order valence-electron chi connectivity index (χ2n) is 4.84. The maximum absolute atomic E-state index is 12.7. The quantitative estimate of drug-likeness (QED) is 0.866. The van der Waals surface area contributed by atoms with Gasteiger partial charge in [0.15, 0.2) is 0 Å². The second kappa shape index (κ2) is 6.12. The summed E-state index contributed by atoms with van der Waals surface area (Å²) in [5.74, 6) is 0.328. The van der Waals surface area contributed by atoms with Crippen molar-refractivity contribution in [3.05, 3.63) is 35.6 Å². The predicted molar refractivity (Wildman–Crippen MR) is 66.4 cm³/mol. The summed E-state index contributed by atoms with van der Waals surface area (Å²) in [5.41, 5.74) is 1.19. The third-order valence-corrected chi connectivity index (χ3v) is 3.60. The largest absolute Gasteiger partial charge is 0.396 e. The van der Waals surface area contributed by atoms with E-state index in [0.29, 0.717) is 12.5 Å². The van der Waals surface area contributed by atoms with Crippen LogP contribution in [0.15, 0.2) is 24.3 Å².